The van der Waals surface area contributed by atoms with E-state index >= 15 is 0 Å². The Hall–Kier alpha value is -2.69. The summed E-state index contributed by atoms with van der Waals surface area (Å²) in [5.74, 6) is -1.38. The molecule has 196 valence electrons. The number of oxime groups is 1. The molecule has 1 aliphatic carbocycles. The van der Waals surface area contributed by atoms with Gasteiger partial charge in [0.05, 0.1) is 0 Å². The smallest absolute Gasteiger partial charge is 0.313 e. The molecule has 0 spiro atoms. The molecular weight excluding hydrogens is 559 g/mol. The number of allylic oxidation sites excluding steroid dienone is 1. The van der Waals surface area contributed by atoms with E-state index in [0.29, 0.717) is 4.34 Å². The molecule has 16 heteroatoms. The number of carboxylic acids is 1. The first-order valence-corrected chi connectivity index (χ1v) is 15.1. The van der Waals surface area contributed by atoms with Crippen LogP contribution in [-0.2, 0) is 19.2 Å². The van der Waals surface area contributed by atoms with Gasteiger partial charge in [-0.15, -0.1) is 33.3 Å². The van der Waals surface area contributed by atoms with E-state index in [0.717, 1.165) is 19.3 Å². The number of carbonyl (C=O) groups excluding carboxylic acids is 2. The molecule has 0 saturated carbocycles. The summed E-state index contributed by atoms with van der Waals surface area (Å²) in [7, 11) is 0. The maximum Gasteiger partial charge on any atom is 0.313 e. The first kappa shape index (κ1) is 25.9. The van der Waals surface area contributed by atoms with Gasteiger partial charge in [-0.1, -0.05) is 34.3 Å². The second kappa shape index (κ2) is 11.0. The van der Waals surface area contributed by atoms with Gasteiger partial charge in [0.15, 0.2) is 15.2 Å². The molecule has 2 aromatic heterocycles. The Kier molecular flexibility index (Phi) is 7.69. The molecular formula is C21H23N7O5S4. The first-order chi connectivity index (χ1) is 17.9. The highest BCUT2D eigenvalue weighted by atomic mass is 32.2. The number of aromatic nitrogens is 3. The summed E-state index contributed by atoms with van der Waals surface area (Å²) in [5.41, 5.74) is 6.41. The van der Waals surface area contributed by atoms with Crippen molar-refractivity contribution < 1.29 is 24.3 Å². The van der Waals surface area contributed by atoms with E-state index in [9.17, 15) is 19.5 Å². The van der Waals surface area contributed by atoms with Gasteiger partial charge in [-0.3, -0.25) is 14.4 Å². The lowest BCUT2D eigenvalue weighted by molar-refractivity contribution is -0.157. The zero-order valence-corrected chi connectivity index (χ0v) is 22.6. The maximum atomic E-state index is 13.2. The molecule has 12 nitrogen and oxygen atoms in total. The molecule has 2 saturated heterocycles. The predicted octanol–water partition coefficient (Wildman–Crippen LogP) is 1.67. The van der Waals surface area contributed by atoms with Gasteiger partial charge in [-0.2, -0.15) is 0 Å². The number of nitrogens with one attached hydrogen (secondary N) is 1. The van der Waals surface area contributed by atoms with Crippen molar-refractivity contribution in [2.24, 2.45) is 10.6 Å². The molecule has 4 atom stereocenters. The fourth-order valence-corrected chi connectivity index (χ4v) is 8.03. The minimum Gasteiger partial charge on any atom is -0.481 e. The number of nitrogens with two attached hydrogens (primary N) is 1. The molecule has 0 radical (unpaired) electrons. The lowest BCUT2D eigenvalue weighted by Gasteiger charge is -2.53. The highest BCUT2D eigenvalue weighted by molar-refractivity contribution is 8.01. The molecule has 4 N–H and O–H groups in total. The Labute approximate surface area is 228 Å². The number of fused-ring (bicyclic) bond motifs is 1. The van der Waals surface area contributed by atoms with Crippen LogP contribution in [0.4, 0.5) is 5.13 Å². The monoisotopic (exact) mass is 581 g/mol. The number of hydrogen-bond acceptors (Lipinski definition) is 13. The molecule has 4 heterocycles. The van der Waals surface area contributed by atoms with Crippen LogP contribution < -0.4 is 11.1 Å². The maximum absolute atomic E-state index is 13.2. The van der Waals surface area contributed by atoms with Crippen LogP contribution in [-0.4, -0.2) is 84.3 Å². The first-order valence-electron chi connectivity index (χ1n) is 11.3. The summed E-state index contributed by atoms with van der Waals surface area (Å²) in [5, 5.41) is 26.1. The van der Waals surface area contributed by atoms with Crippen molar-refractivity contribution in [2.75, 3.05) is 23.8 Å². The topological polar surface area (TPSA) is 173 Å². The molecule has 3 aliphatic rings. The van der Waals surface area contributed by atoms with Crippen LogP contribution in [0.1, 0.15) is 25.0 Å². The highest BCUT2D eigenvalue weighted by Gasteiger charge is 2.57. The largest absolute Gasteiger partial charge is 0.481 e. The van der Waals surface area contributed by atoms with Gasteiger partial charge in [0.25, 0.3) is 5.91 Å². The normalized spacial score (nSPS) is 27.4. The van der Waals surface area contributed by atoms with Gasteiger partial charge in [0.2, 0.25) is 5.91 Å². The number of carbonyl (C=O) groups is 3. The number of amides is 2. The molecule has 5 rings (SSSR count). The lowest BCUT2D eigenvalue weighted by atomic mass is 9.89. The molecule has 37 heavy (non-hydrogen) atoms. The van der Waals surface area contributed by atoms with Gasteiger partial charge in [0.1, 0.15) is 34.1 Å². The van der Waals surface area contributed by atoms with Gasteiger partial charge in [-0.05, 0) is 25.3 Å². The van der Waals surface area contributed by atoms with Gasteiger partial charge in [0, 0.05) is 23.4 Å². The number of thioether (sulfide) groups is 2. The van der Waals surface area contributed by atoms with Gasteiger partial charge in [-0.25, -0.2) is 4.98 Å². The number of nitrogen functional groups attached to an aromatic ring is 1. The number of aliphatic carboxylic acids is 1. The molecule has 3 unspecified atom stereocenters. The van der Waals surface area contributed by atoms with Crippen LogP contribution in [0.15, 0.2) is 32.5 Å². The summed E-state index contributed by atoms with van der Waals surface area (Å²) in [6.45, 7) is 0.0533. The van der Waals surface area contributed by atoms with Crippen molar-refractivity contribution in [1.29, 1.82) is 0 Å². The van der Waals surface area contributed by atoms with E-state index < -0.39 is 23.3 Å². The summed E-state index contributed by atoms with van der Waals surface area (Å²) < 4.78 is 0.674. The zero-order chi connectivity index (χ0) is 26.0. The number of anilines is 1. The van der Waals surface area contributed by atoms with Crippen molar-refractivity contribution in [3.63, 3.8) is 0 Å². The zero-order valence-electron chi connectivity index (χ0n) is 19.3. The van der Waals surface area contributed by atoms with Crippen LogP contribution in [0.5, 0.6) is 0 Å². The molecule has 2 aliphatic heterocycles. The standard InChI is InChI=1S/C21H23N7O5S4/c22-19-24-12(6-34-19)13(27-33-11-4-2-1-3-5-11)15(29)25-14-16(30)28-7-21(18(31)32,8-35-17(14)28)9-36-20-26-23-10-37-20/h2,4,6,10-11,14,17H,1,3,5,7-9H2,(H2,22,24)(H,25,29)(H,31,32)/t11?,14?,17-,21?/m1/s1. The average Bonchev–Trinajstić information content (AvgIpc) is 3.58. The van der Waals surface area contributed by atoms with E-state index in [-0.39, 0.29) is 52.0 Å². The highest BCUT2D eigenvalue weighted by Crippen LogP contribution is 2.44. The van der Waals surface area contributed by atoms with Crippen molar-refractivity contribution in [2.45, 2.75) is 41.1 Å². The second-order valence-electron chi connectivity index (χ2n) is 8.71. The second-order valence-corrected chi connectivity index (χ2v) is 12.8. The third-order valence-electron chi connectivity index (χ3n) is 6.17. The number of carboxylic acid groups (broad SMARTS) is 1. The summed E-state index contributed by atoms with van der Waals surface area (Å²) >= 11 is 5.15. The fourth-order valence-electron chi connectivity index (χ4n) is 4.13. The molecule has 2 amide bonds. The number of nitrogens with zero attached hydrogens (tertiary/aromatic N) is 5. The Bertz CT molecular complexity index is 1240. The van der Waals surface area contributed by atoms with Gasteiger partial charge >= 0.3 is 5.97 Å². The Balaban J connectivity index is 1.26. The minimum absolute atomic E-state index is 0.0533. The van der Waals surface area contributed by atoms with Gasteiger partial charge < -0.3 is 25.9 Å². The van der Waals surface area contributed by atoms with Crippen LogP contribution in [0.2, 0.25) is 0 Å². The van der Waals surface area contributed by atoms with E-state index in [4.69, 9.17) is 10.6 Å². The number of rotatable bonds is 9. The number of β-lactam (4-membered cyclic amide) rings is 1. The Morgan fingerprint density at radius 2 is 2.27 bits per heavy atom. The van der Waals surface area contributed by atoms with Crippen molar-refractivity contribution in [1.82, 2.24) is 25.4 Å². The fraction of sp³-hybridized carbons (Fsp3) is 0.476. The van der Waals surface area contributed by atoms with E-state index in [1.165, 1.54) is 51.1 Å². The van der Waals surface area contributed by atoms with Crippen molar-refractivity contribution in [3.8, 4) is 0 Å². The van der Waals surface area contributed by atoms with Crippen LogP contribution in [0, 0.1) is 5.41 Å². The third-order valence-corrected chi connectivity index (χ3v) is 10.6. The Morgan fingerprint density at radius 1 is 1.41 bits per heavy atom. The van der Waals surface area contributed by atoms with Crippen LogP contribution in [0.25, 0.3) is 0 Å². The molecule has 2 aromatic rings. The lowest BCUT2D eigenvalue weighted by Crippen LogP contribution is -2.74. The third kappa shape index (κ3) is 5.46. The summed E-state index contributed by atoms with van der Waals surface area (Å²) in [6, 6.07) is -0.809. The summed E-state index contributed by atoms with van der Waals surface area (Å²) in [4.78, 5) is 49.7. The van der Waals surface area contributed by atoms with Crippen molar-refractivity contribution >= 4 is 74.8 Å². The molecule has 0 aromatic carbocycles. The molecule has 2 fully saturated rings. The van der Waals surface area contributed by atoms with E-state index in [1.807, 2.05) is 12.2 Å². The number of hydrogen-bond donors (Lipinski definition) is 3. The average molecular weight is 582 g/mol. The van der Waals surface area contributed by atoms with E-state index in [2.05, 4.69) is 25.7 Å². The Morgan fingerprint density at radius 3 is 2.95 bits per heavy atom. The van der Waals surface area contributed by atoms with Crippen LogP contribution >= 0.6 is 46.2 Å². The minimum atomic E-state index is -1.13. The van der Waals surface area contributed by atoms with E-state index in [1.54, 1.807) is 10.9 Å². The van der Waals surface area contributed by atoms with Crippen LogP contribution in [0.3, 0.4) is 0 Å². The summed E-state index contributed by atoms with van der Waals surface area (Å²) in [6.07, 6.45) is 6.39. The predicted molar refractivity (Wildman–Crippen MR) is 142 cm³/mol. The quantitative estimate of drug-likeness (QED) is 0.129. The SMILES string of the molecule is Nc1nc(C(=NOC2C=CCCC2)C(=O)NC2C(=O)N3CC(CSc4nncs4)(C(=O)O)CS[C@H]23)cs1. The van der Waals surface area contributed by atoms with Crippen molar-refractivity contribution in [3.05, 3.63) is 28.7 Å². The number of thiazole rings is 1. The molecule has 0 bridgehead atoms.